The second-order valence-corrected chi connectivity index (χ2v) is 8.40. The minimum atomic E-state index is 0.570. The Balaban J connectivity index is 1.25. The Labute approximate surface area is 140 Å². The molecule has 4 rings (SSSR count). The number of hydrogen-bond acceptors (Lipinski definition) is 3. The van der Waals surface area contributed by atoms with Gasteiger partial charge in [0.25, 0.3) is 0 Å². The van der Waals surface area contributed by atoms with Crippen LogP contribution in [0, 0.1) is 5.41 Å². The highest BCUT2D eigenvalue weighted by Gasteiger charge is 2.46. The molecule has 3 fully saturated rings. The van der Waals surface area contributed by atoms with Crippen LogP contribution in [-0.2, 0) is 0 Å². The number of benzene rings is 1. The van der Waals surface area contributed by atoms with Crippen LogP contribution in [0.5, 0.6) is 0 Å². The fourth-order valence-electron chi connectivity index (χ4n) is 4.45. The molecule has 2 saturated carbocycles. The summed E-state index contributed by atoms with van der Waals surface area (Å²) in [5, 5.41) is 7.52. The van der Waals surface area contributed by atoms with Crippen molar-refractivity contribution in [3.05, 3.63) is 35.9 Å². The van der Waals surface area contributed by atoms with Crippen LogP contribution in [0.3, 0.4) is 0 Å². The third-order valence-electron chi connectivity index (χ3n) is 5.91. The molecule has 23 heavy (non-hydrogen) atoms. The molecule has 1 unspecified atom stereocenters. The van der Waals surface area contributed by atoms with Gasteiger partial charge in [0.05, 0.1) is 0 Å². The van der Waals surface area contributed by atoms with E-state index < -0.39 is 0 Å². The smallest absolute Gasteiger partial charge is 0.0169 e. The van der Waals surface area contributed by atoms with Crippen molar-refractivity contribution in [2.24, 2.45) is 5.41 Å². The first kappa shape index (κ1) is 15.6. The van der Waals surface area contributed by atoms with Gasteiger partial charge in [-0.3, -0.25) is 4.90 Å². The summed E-state index contributed by atoms with van der Waals surface area (Å²) in [5.74, 6) is 0.756. The van der Waals surface area contributed by atoms with E-state index in [2.05, 4.69) is 59.7 Å². The summed E-state index contributed by atoms with van der Waals surface area (Å²) in [6.45, 7) is 9.56. The number of nitrogens with one attached hydrogen (secondary N) is 2. The summed E-state index contributed by atoms with van der Waals surface area (Å²) in [6.07, 6.45) is 4.15. The number of nitrogens with zero attached hydrogens (tertiary/aromatic N) is 1. The van der Waals surface area contributed by atoms with Crippen LogP contribution in [0.4, 0.5) is 0 Å². The monoisotopic (exact) mass is 313 g/mol. The minimum Gasteiger partial charge on any atom is -0.313 e. The maximum atomic E-state index is 3.88. The normalized spacial score (nSPS) is 35.9. The number of piperazine rings is 1. The van der Waals surface area contributed by atoms with E-state index in [9.17, 15) is 0 Å². The van der Waals surface area contributed by atoms with Crippen molar-refractivity contribution >= 4 is 0 Å². The molecule has 1 aliphatic heterocycles. The zero-order valence-electron chi connectivity index (χ0n) is 14.6. The molecule has 3 aliphatic rings. The van der Waals surface area contributed by atoms with Gasteiger partial charge in [-0.05, 0) is 44.1 Å². The standard InChI is InChI=1S/C20H31N3/c1-15-11-23(12-16(2)22-15)14-20(8-9-20)13-21-19-10-18(19)17-6-4-3-5-7-17/h3-7,15-16,18-19,21-22H,8-14H2,1-2H3/t15-,16+,18-,19?/m1/s1. The Bertz CT molecular complexity index is 515. The first-order valence-electron chi connectivity index (χ1n) is 9.40. The largest absolute Gasteiger partial charge is 0.313 e. The lowest BCUT2D eigenvalue weighted by molar-refractivity contribution is 0.142. The number of hydrogen-bond donors (Lipinski definition) is 2. The summed E-state index contributed by atoms with van der Waals surface area (Å²) in [5.41, 5.74) is 2.08. The lowest BCUT2D eigenvalue weighted by atomic mass is 10.0. The maximum absolute atomic E-state index is 3.88. The highest BCUT2D eigenvalue weighted by molar-refractivity contribution is 5.27. The zero-order valence-corrected chi connectivity index (χ0v) is 14.6. The maximum Gasteiger partial charge on any atom is 0.0169 e. The van der Waals surface area contributed by atoms with Gasteiger partial charge in [0.1, 0.15) is 0 Å². The van der Waals surface area contributed by atoms with E-state index in [0.29, 0.717) is 17.5 Å². The molecule has 0 radical (unpaired) electrons. The molecular formula is C20H31N3. The molecule has 4 atom stereocenters. The Kier molecular flexibility index (Phi) is 4.21. The van der Waals surface area contributed by atoms with Crippen LogP contribution in [0.15, 0.2) is 30.3 Å². The van der Waals surface area contributed by atoms with Gasteiger partial charge in [-0.15, -0.1) is 0 Å². The van der Waals surface area contributed by atoms with Gasteiger partial charge in [-0.1, -0.05) is 30.3 Å². The molecule has 0 bridgehead atoms. The van der Waals surface area contributed by atoms with Crippen molar-refractivity contribution in [1.29, 1.82) is 0 Å². The molecule has 0 spiro atoms. The van der Waals surface area contributed by atoms with Crippen molar-refractivity contribution in [3.63, 3.8) is 0 Å². The lowest BCUT2D eigenvalue weighted by Crippen LogP contribution is -2.55. The fourth-order valence-corrected chi connectivity index (χ4v) is 4.45. The van der Waals surface area contributed by atoms with E-state index >= 15 is 0 Å². The summed E-state index contributed by atoms with van der Waals surface area (Å²) >= 11 is 0. The fraction of sp³-hybridized carbons (Fsp3) is 0.700. The van der Waals surface area contributed by atoms with Gasteiger partial charge in [-0.25, -0.2) is 0 Å². The molecular weight excluding hydrogens is 282 g/mol. The van der Waals surface area contributed by atoms with E-state index in [0.717, 1.165) is 12.0 Å². The second kappa shape index (κ2) is 6.19. The van der Waals surface area contributed by atoms with E-state index in [1.807, 2.05) is 0 Å². The van der Waals surface area contributed by atoms with Crippen LogP contribution in [-0.4, -0.2) is 49.2 Å². The molecule has 1 aromatic carbocycles. The molecule has 1 saturated heterocycles. The van der Waals surface area contributed by atoms with Gasteiger partial charge < -0.3 is 10.6 Å². The summed E-state index contributed by atoms with van der Waals surface area (Å²) in [6, 6.07) is 13.0. The first-order chi connectivity index (χ1) is 11.1. The Morgan fingerprint density at radius 1 is 1.13 bits per heavy atom. The molecule has 1 aromatic rings. The third-order valence-corrected chi connectivity index (χ3v) is 5.91. The molecule has 2 aliphatic carbocycles. The summed E-state index contributed by atoms with van der Waals surface area (Å²) in [4.78, 5) is 2.70. The Morgan fingerprint density at radius 3 is 2.48 bits per heavy atom. The van der Waals surface area contributed by atoms with Gasteiger partial charge >= 0.3 is 0 Å². The van der Waals surface area contributed by atoms with Gasteiger partial charge in [0, 0.05) is 50.2 Å². The van der Waals surface area contributed by atoms with E-state index in [-0.39, 0.29) is 0 Å². The van der Waals surface area contributed by atoms with E-state index in [1.165, 1.54) is 51.0 Å². The first-order valence-corrected chi connectivity index (χ1v) is 9.40. The van der Waals surface area contributed by atoms with Crippen LogP contribution < -0.4 is 10.6 Å². The zero-order chi connectivity index (χ0) is 15.9. The molecule has 0 aromatic heterocycles. The number of rotatable bonds is 6. The van der Waals surface area contributed by atoms with Crippen molar-refractivity contribution in [2.45, 2.75) is 57.2 Å². The Morgan fingerprint density at radius 2 is 1.83 bits per heavy atom. The lowest BCUT2D eigenvalue weighted by Gasteiger charge is -2.38. The highest BCUT2D eigenvalue weighted by Crippen LogP contribution is 2.48. The summed E-state index contributed by atoms with van der Waals surface area (Å²) < 4.78 is 0. The second-order valence-electron chi connectivity index (χ2n) is 8.40. The van der Waals surface area contributed by atoms with E-state index in [4.69, 9.17) is 0 Å². The predicted octanol–water partition coefficient (Wildman–Crippen LogP) is 2.59. The van der Waals surface area contributed by atoms with Crippen LogP contribution in [0.2, 0.25) is 0 Å². The van der Waals surface area contributed by atoms with Crippen LogP contribution in [0.1, 0.15) is 44.6 Å². The van der Waals surface area contributed by atoms with Crippen molar-refractivity contribution in [1.82, 2.24) is 15.5 Å². The average Bonchev–Trinajstić information content (AvgIpc) is 3.41. The molecule has 1 heterocycles. The molecule has 2 N–H and O–H groups in total. The molecule has 3 heteroatoms. The van der Waals surface area contributed by atoms with Gasteiger partial charge in [0.2, 0.25) is 0 Å². The van der Waals surface area contributed by atoms with Crippen molar-refractivity contribution < 1.29 is 0 Å². The third kappa shape index (κ3) is 3.78. The average molecular weight is 313 g/mol. The summed E-state index contributed by atoms with van der Waals surface area (Å²) in [7, 11) is 0. The minimum absolute atomic E-state index is 0.570. The molecule has 3 nitrogen and oxygen atoms in total. The van der Waals surface area contributed by atoms with E-state index in [1.54, 1.807) is 0 Å². The predicted molar refractivity (Wildman–Crippen MR) is 95.8 cm³/mol. The highest BCUT2D eigenvalue weighted by atomic mass is 15.2. The molecule has 126 valence electrons. The quantitative estimate of drug-likeness (QED) is 0.845. The van der Waals surface area contributed by atoms with Gasteiger partial charge in [0.15, 0.2) is 0 Å². The topological polar surface area (TPSA) is 27.3 Å². The van der Waals surface area contributed by atoms with Crippen molar-refractivity contribution in [3.8, 4) is 0 Å². The molecule has 0 amide bonds. The van der Waals surface area contributed by atoms with Crippen molar-refractivity contribution in [2.75, 3.05) is 26.2 Å². The van der Waals surface area contributed by atoms with Crippen LogP contribution >= 0.6 is 0 Å². The SMILES string of the molecule is C[C@@H]1CN(CC2(CNC3C[C@@H]3c3ccccc3)CC2)C[C@H](C)N1. The van der Waals surface area contributed by atoms with Gasteiger partial charge in [-0.2, -0.15) is 0 Å². The Hall–Kier alpha value is -0.900. The van der Waals surface area contributed by atoms with Crippen LogP contribution in [0.25, 0.3) is 0 Å².